The molecule has 0 bridgehead atoms. The predicted octanol–water partition coefficient (Wildman–Crippen LogP) is 1.24. The van der Waals surface area contributed by atoms with Gasteiger partial charge >= 0.3 is 0 Å². The monoisotopic (exact) mass is 231 g/mol. The lowest BCUT2D eigenvalue weighted by atomic mass is 10.2. The molecule has 88 valence electrons. The van der Waals surface area contributed by atoms with Crippen LogP contribution in [0.15, 0.2) is 23.2 Å². The number of para-hydroxylation sites is 1. The largest absolute Gasteiger partial charge is 0.494 e. The molecule has 0 saturated carbocycles. The first kappa shape index (κ1) is 10.1. The number of rotatable bonds is 1. The highest BCUT2D eigenvalue weighted by molar-refractivity contribution is 6.29. The summed E-state index contributed by atoms with van der Waals surface area (Å²) in [5.41, 5.74) is 1.76. The van der Waals surface area contributed by atoms with Crippen LogP contribution < -0.4 is 14.5 Å². The van der Waals surface area contributed by atoms with Crippen molar-refractivity contribution < 1.29 is 9.53 Å². The summed E-state index contributed by atoms with van der Waals surface area (Å²) in [6, 6.07) is 5.74. The average molecular weight is 231 g/mol. The van der Waals surface area contributed by atoms with Crippen LogP contribution in [0.2, 0.25) is 0 Å². The number of nitrogens with zero attached hydrogens (tertiary/aromatic N) is 3. The van der Waals surface area contributed by atoms with Gasteiger partial charge in [-0.05, 0) is 12.1 Å². The van der Waals surface area contributed by atoms with Crippen molar-refractivity contribution in [1.82, 2.24) is 0 Å². The van der Waals surface area contributed by atoms with E-state index in [1.807, 2.05) is 30.1 Å². The van der Waals surface area contributed by atoms with Crippen molar-refractivity contribution in [1.29, 1.82) is 0 Å². The number of carbonyl (C=O) groups excluding carboxylic acids is 1. The molecule has 17 heavy (non-hydrogen) atoms. The first-order valence-corrected chi connectivity index (χ1v) is 5.52. The third-order valence-corrected chi connectivity index (χ3v) is 3.11. The number of ether oxygens (including phenoxy) is 1. The van der Waals surface area contributed by atoms with Gasteiger partial charge in [-0.25, -0.2) is 4.90 Å². The second-order valence-electron chi connectivity index (χ2n) is 4.05. The van der Waals surface area contributed by atoms with Crippen LogP contribution in [0, 0.1) is 0 Å². The zero-order valence-corrected chi connectivity index (χ0v) is 9.80. The van der Waals surface area contributed by atoms with E-state index in [1.165, 1.54) is 0 Å². The molecule has 3 rings (SSSR count). The molecule has 0 radical (unpaired) electrons. The second-order valence-corrected chi connectivity index (χ2v) is 4.05. The molecule has 0 unspecified atom stereocenters. The van der Waals surface area contributed by atoms with Gasteiger partial charge in [0.15, 0.2) is 0 Å². The molecule has 0 spiro atoms. The lowest BCUT2D eigenvalue weighted by molar-refractivity contribution is -0.117. The summed E-state index contributed by atoms with van der Waals surface area (Å²) in [5, 5.41) is 0. The fraction of sp³-hybridized carbons (Fsp3) is 0.333. The maximum atomic E-state index is 12.0. The molecule has 0 aliphatic carbocycles. The Hall–Kier alpha value is -2.04. The van der Waals surface area contributed by atoms with E-state index in [0.717, 1.165) is 11.4 Å². The number of benzene rings is 1. The minimum atomic E-state index is 0.0742. The van der Waals surface area contributed by atoms with Crippen molar-refractivity contribution in [2.75, 3.05) is 30.5 Å². The zero-order valence-electron chi connectivity index (χ0n) is 9.80. The molecule has 0 saturated heterocycles. The number of methoxy groups -OCH3 is 1. The topological polar surface area (TPSA) is 45.1 Å². The summed E-state index contributed by atoms with van der Waals surface area (Å²) in [4.78, 5) is 20.0. The Morgan fingerprint density at radius 2 is 2.24 bits per heavy atom. The Bertz CT molecular complexity index is 524. The Morgan fingerprint density at radius 1 is 1.41 bits per heavy atom. The van der Waals surface area contributed by atoms with Crippen molar-refractivity contribution in [2.24, 2.45) is 4.99 Å². The van der Waals surface area contributed by atoms with Crippen LogP contribution in [0.5, 0.6) is 5.75 Å². The average Bonchev–Trinajstić information content (AvgIpc) is 2.65. The smallest absolute Gasteiger partial charge is 0.235 e. The van der Waals surface area contributed by atoms with E-state index in [9.17, 15) is 4.79 Å². The van der Waals surface area contributed by atoms with Crippen LogP contribution >= 0.6 is 0 Å². The minimum Gasteiger partial charge on any atom is -0.494 e. The number of anilines is 2. The van der Waals surface area contributed by atoms with E-state index in [0.29, 0.717) is 24.7 Å². The molecule has 2 aliphatic heterocycles. The molecular formula is C12H13N3O2. The summed E-state index contributed by atoms with van der Waals surface area (Å²) < 4.78 is 5.33. The fourth-order valence-electron chi connectivity index (χ4n) is 2.30. The van der Waals surface area contributed by atoms with Gasteiger partial charge in [0.1, 0.15) is 11.4 Å². The molecular weight excluding hydrogens is 218 g/mol. The van der Waals surface area contributed by atoms with Crippen LogP contribution in [-0.2, 0) is 4.79 Å². The number of carbonyl (C=O) groups is 1. The number of hydrogen-bond donors (Lipinski definition) is 0. The van der Waals surface area contributed by atoms with E-state index in [4.69, 9.17) is 4.74 Å². The zero-order chi connectivity index (χ0) is 12.0. The number of guanidine groups is 1. The first-order chi connectivity index (χ1) is 8.24. The Balaban J connectivity index is 2.24. The quantitative estimate of drug-likeness (QED) is 0.730. The number of amides is 1. The first-order valence-electron chi connectivity index (χ1n) is 5.52. The Morgan fingerprint density at radius 3 is 3.00 bits per heavy atom. The van der Waals surface area contributed by atoms with Gasteiger partial charge in [-0.15, -0.1) is 0 Å². The number of hydrogen-bond acceptors (Lipinski definition) is 4. The SMILES string of the molecule is COc1cccc2c1N1C(=O)CCN=C1N2C. The highest BCUT2D eigenvalue weighted by atomic mass is 16.5. The van der Waals surface area contributed by atoms with Gasteiger partial charge in [-0.2, -0.15) is 0 Å². The highest BCUT2D eigenvalue weighted by Gasteiger charge is 2.38. The maximum absolute atomic E-state index is 12.0. The van der Waals surface area contributed by atoms with E-state index in [-0.39, 0.29) is 5.91 Å². The lowest BCUT2D eigenvalue weighted by Crippen LogP contribution is -2.43. The fourth-order valence-corrected chi connectivity index (χ4v) is 2.30. The molecule has 0 atom stereocenters. The van der Waals surface area contributed by atoms with Crippen LogP contribution in [0.25, 0.3) is 0 Å². The van der Waals surface area contributed by atoms with Gasteiger partial charge in [-0.1, -0.05) is 6.07 Å². The minimum absolute atomic E-state index is 0.0742. The van der Waals surface area contributed by atoms with E-state index >= 15 is 0 Å². The van der Waals surface area contributed by atoms with Gasteiger partial charge in [0, 0.05) is 13.5 Å². The summed E-state index contributed by atoms with van der Waals surface area (Å²) in [7, 11) is 3.52. The molecule has 1 aromatic rings. The summed E-state index contributed by atoms with van der Waals surface area (Å²) >= 11 is 0. The van der Waals surface area contributed by atoms with Crippen LogP contribution in [0.1, 0.15) is 6.42 Å². The molecule has 1 amide bonds. The van der Waals surface area contributed by atoms with Gasteiger partial charge in [0.25, 0.3) is 0 Å². The van der Waals surface area contributed by atoms with Crippen LogP contribution in [0.3, 0.4) is 0 Å². The van der Waals surface area contributed by atoms with E-state index in [2.05, 4.69) is 4.99 Å². The normalized spacial score (nSPS) is 17.8. The molecule has 0 fully saturated rings. The van der Waals surface area contributed by atoms with Gasteiger partial charge in [0.2, 0.25) is 11.9 Å². The van der Waals surface area contributed by atoms with Crippen LogP contribution in [-0.4, -0.2) is 32.6 Å². The molecule has 0 aromatic heterocycles. The highest BCUT2D eigenvalue weighted by Crippen LogP contribution is 2.44. The molecule has 2 aliphatic rings. The van der Waals surface area contributed by atoms with Gasteiger partial charge in [0.05, 0.1) is 19.3 Å². The molecule has 0 N–H and O–H groups in total. The van der Waals surface area contributed by atoms with Crippen molar-refractivity contribution >= 4 is 23.2 Å². The molecule has 5 nitrogen and oxygen atoms in total. The van der Waals surface area contributed by atoms with E-state index in [1.54, 1.807) is 12.0 Å². The molecule has 2 heterocycles. The lowest BCUT2D eigenvalue weighted by Gasteiger charge is -2.23. The summed E-state index contributed by atoms with van der Waals surface area (Å²) in [6.07, 6.45) is 0.453. The van der Waals surface area contributed by atoms with Crippen molar-refractivity contribution in [3.8, 4) is 5.75 Å². The third kappa shape index (κ3) is 1.25. The number of fused-ring (bicyclic) bond motifs is 3. The van der Waals surface area contributed by atoms with Crippen molar-refractivity contribution in [3.05, 3.63) is 18.2 Å². The Kier molecular flexibility index (Phi) is 2.07. The molecule has 1 aromatic carbocycles. The third-order valence-electron chi connectivity index (χ3n) is 3.11. The maximum Gasteiger partial charge on any atom is 0.235 e. The summed E-state index contributed by atoms with van der Waals surface area (Å²) in [5.74, 6) is 1.47. The van der Waals surface area contributed by atoms with Crippen LogP contribution in [0.4, 0.5) is 11.4 Å². The second kappa shape index (κ2) is 3.48. The molecule has 5 heteroatoms. The van der Waals surface area contributed by atoms with Gasteiger partial charge in [-0.3, -0.25) is 9.79 Å². The Labute approximate surface area is 99.3 Å². The van der Waals surface area contributed by atoms with Gasteiger partial charge < -0.3 is 9.64 Å². The standard InChI is InChI=1S/C12H13N3O2/c1-14-8-4-3-5-9(17-2)11(8)15-10(16)6-7-13-12(14)15/h3-5H,6-7H2,1-2H3. The van der Waals surface area contributed by atoms with E-state index < -0.39 is 0 Å². The predicted molar refractivity (Wildman–Crippen MR) is 65.8 cm³/mol. The summed E-state index contributed by atoms with van der Waals surface area (Å²) in [6.45, 7) is 0.561. The van der Waals surface area contributed by atoms with Crippen molar-refractivity contribution in [2.45, 2.75) is 6.42 Å². The number of aliphatic imine (C=N–C) groups is 1. The van der Waals surface area contributed by atoms with Crippen molar-refractivity contribution in [3.63, 3.8) is 0 Å².